The van der Waals surface area contributed by atoms with E-state index in [1.807, 2.05) is 47.2 Å². The molecule has 3 rings (SSSR count). The highest BCUT2D eigenvalue weighted by Gasteiger charge is 2.11. The van der Waals surface area contributed by atoms with Crippen molar-refractivity contribution in [1.82, 2.24) is 4.57 Å². The molecule has 0 unspecified atom stereocenters. The van der Waals surface area contributed by atoms with Crippen LogP contribution in [0.25, 0.3) is 10.9 Å². The predicted octanol–water partition coefficient (Wildman–Crippen LogP) is 3.02. The zero-order valence-electron chi connectivity index (χ0n) is 11.4. The third kappa shape index (κ3) is 2.74. The van der Waals surface area contributed by atoms with E-state index in [1.165, 1.54) is 0 Å². The summed E-state index contributed by atoms with van der Waals surface area (Å²) in [6.45, 7) is 0.639. The molecule has 106 valence electrons. The summed E-state index contributed by atoms with van der Waals surface area (Å²) in [6.07, 6.45) is 1.91. The molecule has 1 aromatic heterocycles. The van der Waals surface area contributed by atoms with Gasteiger partial charge in [-0.2, -0.15) is 0 Å². The van der Waals surface area contributed by atoms with E-state index in [0.717, 1.165) is 22.0 Å². The van der Waals surface area contributed by atoms with Crippen molar-refractivity contribution in [3.05, 3.63) is 65.9 Å². The Labute approximate surface area is 121 Å². The van der Waals surface area contributed by atoms with Gasteiger partial charge in [-0.05, 0) is 29.3 Å². The molecular formula is C17H15NO3. The Hall–Kier alpha value is -2.75. The van der Waals surface area contributed by atoms with Crippen LogP contribution in [0.5, 0.6) is 5.75 Å². The van der Waals surface area contributed by atoms with Gasteiger partial charge in [0.25, 0.3) is 0 Å². The van der Waals surface area contributed by atoms with E-state index in [-0.39, 0.29) is 12.2 Å². The van der Waals surface area contributed by atoms with Crippen molar-refractivity contribution in [3.8, 4) is 5.75 Å². The third-order valence-corrected chi connectivity index (χ3v) is 3.50. The van der Waals surface area contributed by atoms with E-state index in [4.69, 9.17) is 5.11 Å². The molecule has 0 bridgehead atoms. The highest BCUT2D eigenvalue weighted by atomic mass is 16.4. The molecule has 0 spiro atoms. The van der Waals surface area contributed by atoms with E-state index in [2.05, 4.69) is 0 Å². The second-order valence-electron chi connectivity index (χ2n) is 5.04. The molecule has 2 aromatic carbocycles. The van der Waals surface area contributed by atoms with Gasteiger partial charge in [-0.3, -0.25) is 4.79 Å². The molecule has 0 aliphatic heterocycles. The lowest BCUT2D eigenvalue weighted by Crippen LogP contribution is -2.00. The number of carboxylic acids is 1. The van der Waals surface area contributed by atoms with E-state index < -0.39 is 5.97 Å². The first-order valence-corrected chi connectivity index (χ1v) is 6.70. The van der Waals surface area contributed by atoms with Gasteiger partial charge in [0, 0.05) is 23.6 Å². The van der Waals surface area contributed by atoms with E-state index in [0.29, 0.717) is 6.54 Å². The van der Waals surface area contributed by atoms with Crippen LogP contribution < -0.4 is 0 Å². The van der Waals surface area contributed by atoms with Gasteiger partial charge in [-0.1, -0.05) is 30.3 Å². The molecule has 21 heavy (non-hydrogen) atoms. The van der Waals surface area contributed by atoms with Crippen LogP contribution in [0, 0.1) is 0 Å². The van der Waals surface area contributed by atoms with Crippen LogP contribution in [-0.2, 0) is 17.8 Å². The van der Waals surface area contributed by atoms with Crippen molar-refractivity contribution in [2.24, 2.45) is 0 Å². The van der Waals surface area contributed by atoms with E-state index in [9.17, 15) is 9.90 Å². The highest BCUT2D eigenvalue weighted by molar-refractivity contribution is 5.87. The maximum atomic E-state index is 11.0. The zero-order chi connectivity index (χ0) is 14.8. The van der Waals surface area contributed by atoms with Gasteiger partial charge in [-0.25, -0.2) is 0 Å². The van der Waals surface area contributed by atoms with Crippen LogP contribution in [0.1, 0.15) is 11.1 Å². The van der Waals surface area contributed by atoms with Gasteiger partial charge in [-0.15, -0.1) is 0 Å². The normalized spacial score (nSPS) is 10.9. The Morgan fingerprint density at radius 2 is 1.76 bits per heavy atom. The number of phenolic OH excluding ortho intramolecular Hbond substituents is 1. The topological polar surface area (TPSA) is 62.5 Å². The minimum atomic E-state index is -0.831. The van der Waals surface area contributed by atoms with Gasteiger partial charge in [0.05, 0.1) is 6.42 Å². The number of carboxylic acid groups (broad SMARTS) is 1. The molecule has 0 amide bonds. The maximum Gasteiger partial charge on any atom is 0.307 e. The Kier molecular flexibility index (Phi) is 3.36. The Balaban J connectivity index is 2.01. The number of hydrogen-bond donors (Lipinski definition) is 2. The summed E-state index contributed by atoms with van der Waals surface area (Å²) >= 11 is 0. The van der Waals surface area contributed by atoms with Crippen LogP contribution in [-0.4, -0.2) is 20.7 Å². The number of benzene rings is 2. The summed E-state index contributed by atoms with van der Waals surface area (Å²) in [5.41, 5.74) is 2.88. The molecule has 0 aliphatic rings. The van der Waals surface area contributed by atoms with Crippen LogP contribution in [0.4, 0.5) is 0 Å². The Morgan fingerprint density at radius 3 is 2.48 bits per heavy atom. The fraction of sp³-hybridized carbons (Fsp3) is 0.118. The lowest BCUT2D eigenvalue weighted by Gasteiger charge is -2.05. The molecule has 0 saturated carbocycles. The molecular weight excluding hydrogens is 266 g/mol. The number of carbonyl (C=O) groups is 1. The van der Waals surface area contributed by atoms with Crippen molar-refractivity contribution in [2.45, 2.75) is 13.0 Å². The maximum absolute atomic E-state index is 11.0. The molecule has 0 aliphatic carbocycles. The SMILES string of the molecule is O=C(O)Cc1cn(Cc2ccc(O)cc2)c2ccccc12. The van der Waals surface area contributed by atoms with Gasteiger partial charge < -0.3 is 14.8 Å². The summed E-state index contributed by atoms with van der Waals surface area (Å²) in [6, 6.07) is 14.8. The lowest BCUT2D eigenvalue weighted by atomic mass is 10.1. The lowest BCUT2D eigenvalue weighted by molar-refractivity contribution is -0.136. The fourth-order valence-electron chi connectivity index (χ4n) is 2.56. The van der Waals surface area contributed by atoms with Crippen LogP contribution in [0.2, 0.25) is 0 Å². The van der Waals surface area contributed by atoms with Gasteiger partial charge >= 0.3 is 5.97 Å². The standard InChI is InChI=1S/C17H15NO3/c19-14-7-5-12(6-8-14)10-18-11-13(9-17(20)21)15-3-1-2-4-16(15)18/h1-8,11,19H,9-10H2,(H,20,21). The van der Waals surface area contributed by atoms with E-state index >= 15 is 0 Å². The number of phenols is 1. The van der Waals surface area contributed by atoms with Crippen LogP contribution in [0.3, 0.4) is 0 Å². The third-order valence-electron chi connectivity index (χ3n) is 3.50. The predicted molar refractivity (Wildman–Crippen MR) is 80.5 cm³/mol. The van der Waals surface area contributed by atoms with E-state index in [1.54, 1.807) is 12.1 Å². The Morgan fingerprint density at radius 1 is 1.05 bits per heavy atom. The molecule has 4 nitrogen and oxygen atoms in total. The fourth-order valence-corrected chi connectivity index (χ4v) is 2.56. The first-order chi connectivity index (χ1) is 10.1. The second-order valence-corrected chi connectivity index (χ2v) is 5.04. The molecule has 2 N–H and O–H groups in total. The van der Waals surface area contributed by atoms with Gasteiger partial charge in [0.1, 0.15) is 5.75 Å². The molecule has 1 heterocycles. The number of rotatable bonds is 4. The molecule has 0 radical (unpaired) electrons. The summed E-state index contributed by atoms with van der Waals surface area (Å²) in [5, 5.41) is 19.3. The molecule has 3 aromatic rings. The number of hydrogen-bond acceptors (Lipinski definition) is 2. The van der Waals surface area contributed by atoms with Crippen molar-refractivity contribution in [1.29, 1.82) is 0 Å². The number of nitrogens with zero attached hydrogens (tertiary/aromatic N) is 1. The minimum absolute atomic E-state index is 0.0170. The quantitative estimate of drug-likeness (QED) is 0.772. The largest absolute Gasteiger partial charge is 0.508 e. The molecule has 4 heteroatoms. The summed E-state index contributed by atoms with van der Waals surface area (Å²) in [4.78, 5) is 11.0. The van der Waals surface area contributed by atoms with Crippen LogP contribution >= 0.6 is 0 Å². The first-order valence-electron chi connectivity index (χ1n) is 6.70. The summed E-state index contributed by atoms with van der Waals surface area (Å²) in [5.74, 6) is -0.592. The number of para-hydroxylation sites is 1. The smallest absolute Gasteiger partial charge is 0.307 e. The average Bonchev–Trinajstić information content (AvgIpc) is 2.79. The van der Waals surface area contributed by atoms with Crippen LogP contribution in [0.15, 0.2) is 54.7 Å². The van der Waals surface area contributed by atoms with Crippen molar-refractivity contribution in [2.75, 3.05) is 0 Å². The Bertz CT molecular complexity index is 787. The number of fused-ring (bicyclic) bond motifs is 1. The van der Waals surface area contributed by atoms with Gasteiger partial charge in [0.2, 0.25) is 0 Å². The zero-order valence-corrected chi connectivity index (χ0v) is 11.4. The highest BCUT2D eigenvalue weighted by Crippen LogP contribution is 2.23. The molecule has 0 atom stereocenters. The second kappa shape index (κ2) is 5.32. The van der Waals surface area contributed by atoms with Gasteiger partial charge in [0.15, 0.2) is 0 Å². The molecule has 0 fully saturated rings. The monoisotopic (exact) mass is 281 g/mol. The number of aromatic nitrogens is 1. The van der Waals surface area contributed by atoms with Crippen molar-refractivity contribution >= 4 is 16.9 Å². The van der Waals surface area contributed by atoms with Crippen molar-refractivity contribution < 1.29 is 15.0 Å². The number of aromatic hydroxyl groups is 1. The number of aliphatic carboxylic acids is 1. The first kappa shape index (κ1) is 13.2. The summed E-state index contributed by atoms with van der Waals surface area (Å²) in [7, 11) is 0. The summed E-state index contributed by atoms with van der Waals surface area (Å²) < 4.78 is 2.04. The minimum Gasteiger partial charge on any atom is -0.508 e. The average molecular weight is 281 g/mol. The van der Waals surface area contributed by atoms with Crippen molar-refractivity contribution in [3.63, 3.8) is 0 Å². The molecule has 0 saturated heterocycles.